The third-order valence-electron chi connectivity index (χ3n) is 4.92. The molecule has 0 spiro atoms. The van der Waals surface area contributed by atoms with Gasteiger partial charge in [-0.15, -0.1) is 0 Å². The van der Waals surface area contributed by atoms with E-state index in [4.69, 9.17) is 0 Å². The number of amides is 1. The summed E-state index contributed by atoms with van der Waals surface area (Å²) in [5.41, 5.74) is 1.26. The molecule has 1 atom stereocenters. The summed E-state index contributed by atoms with van der Waals surface area (Å²) in [4.78, 5) is 31.8. The van der Waals surface area contributed by atoms with Gasteiger partial charge in [-0.2, -0.15) is 0 Å². The molecule has 0 radical (unpaired) electrons. The van der Waals surface area contributed by atoms with Crippen LogP contribution in [0.2, 0.25) is 0 Å². The Hall–Kier alpha value is -2.50. The average Bonchev–Trinajstić information content (AvgIpc) is 2.52. The summed E-state index contributed by atoms with van der Waals surface area (Å²) < 4.78 is 13.3. The number of aromatic nitrogens is 2. The number of nitrogens with one attached hydrogen (secondary N) is 2. The maximum atomic E-state index is 13.3. The SMILES string of the molecule is CC(C)CC(=O)N[C@@H](Cc1cc(=O)[nH]c(C2CCC2)n1)c1ccc(F)cc1. The summed E-state index contributed by atoms with van der Waals surface area (Å²) in [5.74, 6) is 0.894. The Balaban J connectivity index is 1.84. The average molecular weight is 371 g/mol. The zero-order valence-corrected chi connectivity index (χ0v) is 15.8. The second-order valence-electron chi connectivity index (χ2n) is 7.72. The Bertz CT molecular complexity index is 841. The fraction of sp³-hybridized carbons (Fsp3) is 0.476. The first-order valence-electron chi connectivity index (χ1n) is 9.55. The molecule has 0 unspecified atom stereocenters. The Morgan fingerprint density at radius 3 is 2.59 bits per heavy atom. The minimum atomic E-state index is -0.361. The molecule has 1 aliphatic carbocycles. The van der Waals surface area contributed by atoms with Crippen LogP contribution in [-0.2, 0) is 11.2 Å². The van der Waals surface area contributed by atoms with Crippen LogP contribution < -0.4 is 10.9 Å². The van der Waals surface area contributed by atoms with Crippen LogP contribution in [0.1, 0.15) is 68.6 Å². The van der Waals surface area contributed by atoms with Gasteiger partial charge in [-0.1, -0.05) is 32.4 Å². The topological polar surface area (TPSA) is 74.8 Å². The molecular weight excluding hydrogens is 345 g/mol. The highest BCUT2D eigenvalue weighted by Gasteiger charge is 2.23. The fourth-order valence-electron chi connectivity index (χ4n) is 3.29. The molecule has 1 aromatic carbocycles. The van der Waals surface area contributed by atoms with E-state index in [1.807, 2.05) is 13.8 Å². The normalized spacial score (nSPS) is 15.4. The van der Waals surface area contributed by atoms with Gasteiger partial charge >= 0.3 is 0 Å². The van der Waals surface area contributed by atoms with E-state index in [1.54, 1.807) is 12.1 Å². The summed E-state index contributed by atoms with van der Waals surface area (Å²) >= 11 is 0. The van der Waals surface area contributed by atoms with Crippen molar-refractivity contribution in [2.75, 3.05) is 0 Å². The van der Waals surface area contributed by atoms with Crippen LogP contribution in [0.15, 0.2) is 35.1 Å². The fourth-order valence-corrected chi connectivity index (χ4v) is 3.29. The molecule has 1 aromatic heterocycles. The molecule has 2 aromatic rings. The smallest absolute Gasteiger partial charge is 0.251 e. The van der Waals surface area contributed by atoms with Crippen molar-refractivity contribution < 1.29 is 9.18 Å². The van der Waals surface area contributed by atoms with Gasteiger partial charge in [0.25, 0.3) is 5.56 Å². The van der Waals surface area contributed by atoms with Crippen molar-refractivity contribution in [1.82, 2.24) is 15.3 Å². The predicted molar refractivity (Wildman–Crippen MR) is 102 cm³/mol. The second kappa shape index (κ2) is 8.46. The molecule has 2 N–H and O–H groups in total. The van der Waals surface area contributed by atoms with Crippen LogP contribution in [0.25, 0.3) is 0 Å². The van der Waals surface area contributed by atoms with E-state index in [9.17, 15) is 14.0 Å². The van der Waals surface area contributed by atoms with Gasteiger partial charge in [0, 0.05) is 24.8 Å². The lowest BCUT2D eigenvalue weighted by atomic mass is 9.85. The van der Waals surface area contributed by atoms with Gasteiger partial charge < -0.3 is 10.3 Å². The molecule has 1 saturated carbocycles. The lowest BCUT2D eigenvalue weighted by Crippen LogP contribution is -2.31. The van der Waals surface area contributed by atoms with Crippen molar-refractivity contribution in [1.29, 1.82) is 0 Å². The zero-order valence-electron chi connectivity index (χ0n) is 15.8. The minimum absolute atomic E-state index is 0.0663. The number of carbonyl (C=O) groups excluding carboxylic acids is 1. The maximum absolute atomic E-state index is 13.3. The number of benzene rings is 1. The summed E-state index contributed by atoms with van der Waals surface area (Å²) in [6, 6.07) is 7.20. The van der Waals surface area contributed by atoms with Crippen LogP contribution in [0.3, 0.4) is 0 Å². The third-order valence-corrected chi connectivity index (χ3v) is 4.92. The first-order valence-corrected chi connectivity index (χ1v) is 9.55. The molecule has 6 heteroatoms. The Morgan fingerprint density at radius 1 is 1.30 bits per heavy atom. The molecule has 1 amide bonds. The standard InChI is InChI=1S/C21H26FN3O2/c1-13(2)10-19(26)24-18(14-6-8-16(22)9-7-14)11-17-12-20(27)25-21(23-17)15-4-3-5-15/h6-9,12-13,15,18H,3-5,10-11H2,1-2H3,(H,24,26)(H,23,25,27)/t18-/m0/s1. The molecule has 1 aliphatic rings. The van der Waals surface area contributed by atoms with Crippen LogP contribution in [0, 0.1) is 11.7 Å². The molecule has 5 nitrogen and oxygen atoms in total. The van der Waals surface area contributed by atoms with Crippen LogP contribution in [0.5, 0.6) is 0 Å². The summed E-state index contributed by atoms with van der Waals surface area (Å²) in [7, 11) is 0. The first kappa shape index (κ1) is 19.3. The Labute approximate surface area is 158 Å². The van der Waals surface area contributed by atoms with Crippen molar-refractivity contribution in [2.45, 2.75) is 57.9 Å². The predicted octanol–water partition coefficient (Wildman–Crippen LogP) is 3.62. The highest BCUT2D eigenvalue weighted by Crippen LogP contribution is 2.34. The Kier molecular flexibility index (Phi) is 6.04. The molecule has 0 aliphatic heterocycles. The van der Waals surface area contributed by atoms with Gasteiger partial charge in [0.05, 0.1) is 11.7 Å². The van der Waals surface area contributed by atoms with Crippen molar-refractivity contribution in [3.05, 3.63) is 63.6 Å². The molecule has 1 fully saturated rings. The molecule has 144 valence electrons. The second-order valence-corrected chi connectivity index (χ2v) is 7.72. The first-order chi connectivity index (χ1) is 12.9. The van der Waals surface area contributed by atoms with Gasteiger partial charge in [-0.3, -0.25) is 9.59 Å². The van der Waals surface area contributed by atoms with E-state index in [-0.39, 0.29) is 29.2 Å². The summed E-state index contributed by atoms with van der Waals surface area (Å²) in [5, 5.41) is 3.02. The number of rotatable bonds is 7. The molecule has 3 rings (SSSR count). The number of hydrogen-bond donors (Lipinski definition) is 2. The molecular formula is C21H26FN3O2. The van der Waals surface area contributed by atoms with Gasteiger partial charge in [0.15, 0.2) is 0 Å². The van der Waals surface area contributed by atoms with Crippen molar-refractivity contribution in [3.63, 3.8) is 0 Å². The van der Waals surface area contributed by atoms with Crippen LogP contribution >= 0.6 is 0 Å². The Morgan fingerprint density at radius 2 is 2.00 bits per heavy atom. The van der Waals surface area contributed by atoms with Crippen LogP contribution in [0.4, 0.5) is 4.39 Å². The van der Waals surface area contributed by atoms with Gasteiger partial charge in [-0.05, 0) is 36.5 Å². The lowest BCUT2D eigenvalue weighted by Gasteiger charge is -2.25. The van der Waals surface area contributed by atoms with Crippen molar-refractivity contribution in [3.8, 4) is 0 Å². The molecule has 27 heavy (non-hydrogen) atoms. The lowest BCUT2D eigenvalue weighted by molar-refractivity contribution is -0.122. The maximum Gasteiger partial charge on any atom is 0.251 e. The van der Waals surface area contributed by atoms with Gasteiger partial charge in [0.1, 0.15) is 11.6 Å². The monoisotopic (exact) mass is 371 g/mol. The van der Waals surface area contributed by atoms with E-state index in [1.165, 1.54) is 18.2 Å². The molecule has 0 saturated heterocycles. The molecule has 1 heterocycles. The van der Waals surface area contributed by atoms with E-state index in [0.717, 1.165) is 30.7 Å². The highest BCUT2D eigenvalue weighted by molar-refractivity contribution is 5.76. The number of hydrogen-bond acceptors (Lipinski definition) is 3. The van der Waals surface area contributed by atoms with E-state index < -0.39 is 0 Å². The van der Waals surface area contributed by atoms with E-state index in [0.29, 0.717) is 24.5 Å². The van der Waals surface area contributed by atoms with E-state index >= 15 is 0 Å². The minimum Gasteiger partial charge on any atom is -0.349 e. The number of halogens is 1. The van der Waals surface area contributed by atoms with Crippen molar-refractivity contribution in [2.24, 2.45) is 5.92 Å². The zero-order chi connectivity index (χ0) is 19.4. The molecule has 0 bridgehead atoms. The third kappa shape index (κ3) is 5.25. The quantitative estimate of drug-likeness (QED) is 0.780. The van der Waals surface area contributed by atoms with E-state index in [2.05, 4.69) is 15.3 Å². The largest absolute Gasteiger partial charge is 0.349 e. The number of aromatic amines is 1. The number of carbonyl (C=O) groups is 1. The summed E-state index contributed by atoms with van der Waals surface area (Å²) in [6.07, 6.45) is 4.03. The number of nitrogens with zero attached hydrogens (tertiary/aromatic N) is 1. The summed E-state index contributed by atoms with van der Waals surface area (Å²) in [6.45, 7) is 3.96. The van der Waals surface area contributed by atoms with Gasteiger partial charge in [-0.25, -0.2) is 9.37 Å². The van der Waals surface area contributed by atoms with Crippen molar-refractivity contribution >= 4 is 5.91 Å². The van der Waals surface area contributed by atoms with Gasteiger partial charge in [0.2, 0.25) is 5.91 Å². The highest BCUT2D eigenvalue weighted by atomic mass is 19.1. The van der Waals surface area contributed by atoms with Crippen LogP contribution in [-0.4, -0.2) is 15.9 Å². The number of H-pyrrole nitrogens is 1.